The van der Waals surface area contributed by atoms with Crippen LogP contribution in [0.4, 0.5) is 5.69 Å². The topological polar surface area (TPSA) is 47.6 Å². The Hall–Kier alpha value is -0.910. The van der Waals surface area contributed by atoms with Gasteiger partial charge in [-0.3, -0.25) is 4.79 Å². The van der Waals surface area contributed by atoms with E-state index in [1.165, 1.54) is 6.42 Å². The summed E-state index contributed by atoms with van der Waals surface area (Å²) in [5, 5.41) is 3.00. The maximum Gasteiger partial charge on any atom is 0.235 e. The van der Waals surface area contributed by atoms with E-state index in [-0.39, 0.29) is 23.7 Å². The van der Waals surface area contributed by atoms with Crippen molar-refractivity contribution in [3.8, 4) is 0 Å². The first-order chi connectivity index (χ1) is 10.2. The molecule has 0 aromatic heterocycles. The van der Waals surface area contributed by atoms with E-state index in [1.54, 1.807) is 0 Å². The molecule has 5 heteroatoms. The number of carbonyl (C=O) groups is 1. The van der Waals surface area contributed by atoms with E-state index in [0.29, 0.717) is 0 Å². The van der Waals surface area contributed by atoms with Crippen LogP contribution in [0.3, 0.4) is 0 Å². The molecule has 1 unspecified atom stereocenters. The normalized spacial score (nSPS) is 34.4. The Morgan fingerprint density at radius 2 is 2.19 bits per heavy atom. The third-order valence-corrected chi connectivity index (χ3v) is 5.31. The number of amides is 1. The lowest BCUT2D eigenvalue weighted by Crippen LogP contribution is -2.51. The molecule has 2 aliphatic heterocycles. The minimum absolute atomic E-state index is 0.0741. The first-order valence-electron chi connectivity index (χ1n) is 7.56. The van der Waals surface area contributed by atoms with Gasteiger partial charge in [-0.1, -0.05) is 22.0 Å². The zero-order valence-corrected chi connectivity index (χ0v) is 13.3. The fraction of sp³-hybridized carbons (Fsp3) is 0.562. The number of hydrogen-bond acceptors (Lipinski definition) is 3. The van der Waals surface area contributed by atoms with E-state index >= 15 is 0 Å². The minimum Gasteiger partial charge on any atom is -0.353 e. The SMILES string of the molecule is O=C1Nc2cc(Br)ccc2C12CC(OC1CCCCO1)C2. The van der Waals surface area contributed by atoms with Crippen molar-refractivity contribution in [2.75, 3.05) is 11.9 Å². The van der Waals surface area contributed by atoms with Gasteiger partial charge in [0.25, 0.3) is 0 Å². The number of nitrogens with one attached hydrogen (secondary N) is 1. The largest absolute Gasteiger partial charge is 0.353 e. The zero-order chi connectivity index (χ0) is 14.4. The molecule has 21 heavy (non-hydrogen) atoms. The molecule has 1 aliphatic carbocycles. The predicted molar refractivity (Wildman–Crippen MR) is 82.1 cm³/mol. The second-order valence-corrected chi connectivity index (χ2v) is 7.10. The molecule has 2 heterocycles. The van der Waals surface area contributed by atoms with Crippen LogP contribution in [0.25, 0.3) is 0 Å². The second kappa shape index (κ2) is 5.07. The molecule has 1 saturated carbocycles. The summed E-state index contributed by atoms with van der Waals surface area (Å²) < 4.78 is 12.6. The Balaban J connectivity index is 1.47. The van der Waals surface area contributed by atoms with Gasteiger partial charge in [-0.15, -0.1) is 0 Å². The van der Waals surface area contributed by atoms with Crippen molar-refractivity contribution >= 4 is 27.5 Å². The molecule has 1 aromatic carbocycles. The monoisotopic (exact) mass is 351 g/mol. The molecule has 1 amide bonds. The van der Waals surface area contributed by atoms with Crippen molar-refractivity contribution in [1.82, 2.24) is 0 Å². The van der Waals surface area contributed by atoms with Gasteiger partial charge in [0, 0.05) is 16.8 Å². The highest BCUT2D eigenvalue weighted by Gasteiger charge is 2.56. The van der Waals surface area contributed by atoms with Crippen LogP contribution in [-0.2, 0) is 19.7 Å². The quantitative estimate of drug-likeness (QED) is 0.888. The van der Waals surface area contributed by atoms with Crippen LogP contribution in [0.2, 0.25) is 0 Å². The van der Waals surface area contributed by atoms with Crippen molar-refractivity contribution in [1.29, 1.82) is 0 Å². The van der Waals surface area contributed by atoms with Crippen molar-refractivity contribution < 1.29 is 14.3 Å². The maximum absolute atomic E-state index is 12.4. The average Bonchev–Trinajstić information content (AvgIpc) is 2.71. The second-order valence-electron chi connectivity index (χ2n) is 6.19. The van der Waals surface area contributed by atoms with E-state index < -0.39 is 0 Å². The van der Waals surface area contributed by atoms with Gasteiger partial charge >= 0.3 is 0 Å². The highest BCUT2D eigenvalue weighted by Crippen LogP contribution is 2.52. The van der Waals surface area contributed by atoms with Crippen LogP contribution in [0.15, 0.2) is 22.7 Å². The molecule has 0 bridgehead atoms. The third kappa shape index (κ3) is 2.22. The van der Waals surface area contributed by atoms with Gasteiger partial charge < -0.3 is 14.8 Å². The molecule has 1 aromatic rings. The highest BCUT2D eigenvalue weighted by atomic mass is 79.9. The molecule has 2 fully saturated rings. The Morgan fingerprint density at radius 3 is 2.95 bits per heavy atom. The van der Waals surface area contributed by atoms with Crippen molar-refractivity contribution in [2.45, 2.75) is 49.9 Å². The van der Waals surface area contributed by atoms with Gasteiger partial charge in [-0.05, 0) is 49.8 Å². The number of ether oxygens (including phenoxy) is 2. The van der Waals surface area contributed by atoms with E-state index in [2.05, 4.69) is 21.2 Å². The molecule has 112 valence electrons. The van der Waals surface area contributed by atoms with E-state index in [0.717, 1.165) is 48.0 Å². The minimum atomic E-state index is -0.380. The van der Waals surface area contributed by atoms with Crippen LogP contribution in [0.5, 0.6) is 0 Å². The molecule has 1 N–H and O–H groups in total. The highest BCUT2D eigenvalue weighted by molar-refractivity contribution is 9.10. The summed E-state index contributed by atoms with van der Waals surface area (Å²) in [7, 11) is 0. The van der Waals surface area contributed by atoms with E-state index in [9.17, 15) is 4.79 Å². The standard InChI is InChI=1S/C16H18BrNO3/c17-10-4-5-12-13(7-10)18-15(19)16(12)8-11(9-16)21-14-3-1-2-6-20-14/h4-5,7,11,14H,1-3,6,8-9H2,(H,18,19). The van der Waals surface area contributed by atoms with Crippen LogP contribution in [0, 0.1) is 0 Å². The number of anilines is 1. The lowest BCUT2D eigenvalue weighted by Gasteiger charge is -2.44. The third-order valence-electron chi connectivity index (χ3n) is 4.81. The average molecular weight is 352 g/mol. The van der Waals surface area contributed by atoms with Crippen LogP contribution in [-0.4, -0.2) is 24.9 Å². The van der Waals surface area contributed by atoms with Crippen molar-refractivity contribution in [2.24, 2.45) is 0 Å². The molecule has 1 atom stereocenters. The molecule has 4 nitrogen and oxygen atoms in total. The van der Waals surface area contributed by atoms with Crippen LogP contribution < -0.4 is 5.32 Å². The summed E-state index contributed by atoms with van der Waals surface area (Å²) in [6.45, 7) is 0.792. The van der Waals surface area contributed by atoms with Crippen molar-refractivity contribution in [3.63, 3.8) is 0 Å². The number of hydrogen-bond donors (Lipinski definition) is 1. The van der Waals surface area contributed by atoms with E-state index in [1.807, 2.05) is 18.2 Å². The summed E-state index contributed by atoms with van der Waals surface area (Å²) in [6.07, 6.45) is 4.84. The molecule has 4 rings (SSSR count). The lowest BCUT2D eigenvalue weighted by atomic mass is 9.63. The molecular formula is C16H18BrNO3. The van der Waals surface area contributed by atoms with Gasteiger partial charge in [0.15, 0.2) is 6.29 Å². The summed E-state index contributed by atoms with van der Waals surface area (Å²) in [6, 6.07) is 6.02. The fourth-order valence-electron chi connectivity index (χ4n) is 3.65. The zero-order valence-electron chi connectivity index (χ0n) is 11.7. The van der Waals surface area contributed by atoms with Crippen molar-refractivity contribution in [3.05, 3.63) is 28.2 Å². The molecule has 0 radical (unpaired) electrons. The summed E-state index contributed by atoms with van der Waals surface area (Å²) >= 11 is 3.45. The Labute approximate surface area is 132 Å². The van der Waals surface area contributed by atoms with Gasteiger partial charge in [-0.25, -0.2) is 0 Å². The number of carbonyl (C=O) groups excluding carboxylic acids is 1. The number of halogens is 1. The lowest BCUT2D eigenvalue weighted by molar-refractivity contribution is -0.212. The van der Waals surface area contributed by atoms with Gasteiger partial charge in [0.1, 0.15) is 0 Å². The van der Waals surface area contributed by atoms with E-state index in [4.69, 9.17) is 9.47 Å². The Bertz CT molecular complexity index is 577. The predicted octanol–water partition coefficient (Wildman–Crippen LogP) is 3.34. The number of fused-ring (bicyclic) bond motifs is 2. The number of benzene rings is 1. The number of rotatable bonds is 2. The smallest absolute Gasteiger partial charge is 0.235 e. The fourth-order valence-corrected chi connectivity index (χ4v) is 4.01. The summed E-state index contributed by atoms with van der Waals surface area (Å²) in [5.74, 6) is 0.111. The molecule has 3 aliphatic rings. The first-order valence-corrected chi connectivity index (χ1v) is 8.35. The molecule has 1 saturated heterocycles. The summed E-state index contributed by atoms with van der Waals surface area (Å²) in [4.78, 5) is 12.4. The molecular weight excluding hydrogens is 334 g/mol. The maximum atomic E-state index is 12.4. The summed E-state index contributed by atoms with van der Waals surface area (Å²) in [5.41, 5.74) is 1.66. The Morgan fingerprint density at radius 1 is 1.33 bits per heavy atom. The molecule has 1 spiro atoms. The van der Waals surface area contributed by atoms with Crippen LogP contribution in [0.1, 0.15) is 37.7 Å². The first kappa shape index (κ1) is 13.7. The Kier molecular flexibility index (Phi) is 3.32. The van der Waals surface area contributed by atoms with Crippen LogP contribution >= 0.6 is 15.9 Å². The van der Waals surface area contributed by atoms with Gasteiger partial charge in [-0.2, -0.15) is 0 Å². The van der Waals surface area contributed by atoms with Gasteiger partial charge in [0.2, 0.25) is 5.91 Å². The van der Waals surface area contributed by atoms with Gasteiger partial charge in [0.05, 0.1) is 11.5 Å².